The average Bonchev–Trinajstić information content (AvgIpc) is 2.35. The molecule has 0 radical (unpaired) electrons. The molecular weight excluding hydrogens is 210 g/mol. The molecule has 0 saturated carbocycles. The molecule has 3 nitrogen and oxygen atoms in total. The molecule has 1 aromatic carbocycles. The summed E-state index contributed by atoms with van der Waals surface area (Å²) in [4.78, 5) is 4.77. The summed E-state index contributed by atoms with van der Waals surface area (Å²) < 4.78 is 0. The highest BCUT2D eigenvalue weighted by molar-refractivity contribution is 5.77. The standard InChI is InChI=1S/C14H23N3/c1-4-11-6-5-7-13-14(11)17(3)12(8-9-15)10-16(13)2/h5-7,12H,4,8-10,15H2,1-3H3. The summed E-state index contributed by atoms with van der Waals surface area (Å²) in [5, 5.41) is 0. The summed E-state index contributed by atoms with van der Waals surface area (Å²) in [7, 11) is 4.38. The topological polar surface area (TPSA) is 32.5 Å². The number of nitrogens with two attached hydrogens (primary N) is 1. The van der Waals surface area contributed by atoms with Crippen molar-refractivity contribution in [3.05, 3.63) is 23.8 Å². The number of hydrogen-bond acceptors (Lipinski definition) is 3. The Hall–Kier alpha value is -1.22. The van der Waals surface area contributed by atoms with Crippen molar-refractivity contribution >= 4 is 11.4 Å². The first-order valence-electron chi connectivity index (χ1n) is 6.45. The van der Waals surface area contributed by atoms with Crippen LogP contribution in [0.1, 0.15) is 18.9 Å². The average molecular weight is 233 g/mol. The zero-order valence-electron chi connectivity index (χ0n) is 11.1. The Balaban J connectivity index is 2.42. The van der Waals surface area contributed by atoms with Gasteiger partial charge in [0.05, 0.1) is 11.4 Å². The second-order valence-corrected chi connectivity index (χ2v) is 4.86. The number of para-hydroxylation sites is 1. The van der Waals surface area contributed by atoms with E-state index in [4.69, 9.17) is 5.73 Å². The summed E-state index contributed by atoms with van der Waals surface area (Å²) in [5.41, 5.74) is 9.88. The normalized spacial score (nSPS) is 19.4. The van der Waals surface area contributed by atoms with Gasteiger partial charge in [0, 0.05) is 26.7 Å². The summed E-state index contributed by atoms with van der Waals surface area (Å²) in [6.07, 6.45) is 2.13. The minimum absolute atomic E-state index is 0.533. The zero-order valence-corrected chi connectivity index (χ0v) is 11.1. The van der Waals surface area contributed by atoms with Crippen LogP contribution in [0.3, 0.4) is 0 Å². The molecule has 1 aliphatic rings. The maximum absolute atomic E-state index is 5.71. The minimum atomic E-state index is 0.533. The van der Waals surface area contributed by atoms with Gasteiger partial charge in [-0.25, -0.2) is 0 Å². The first-order chi connectivity index (χ1) is 8.19. The molecule has 1 heterocycles. The van der Waals surface area contributed by atoms with Crippen molar-refractivity contribution < 1.29 is 0 Å². The third-order valence-electron chi connectivity index (χ3n) is 3.78. The molecule has 1 atom stereocenters. The maximum atomic E-state index is 5.71. The molecule has 94 valence electrons. The van der Waals surface area contributed by atoms with E-state index >= 15 is 0 Å². The molecule has 1 unspecified atom stereocenters. The number of nitrogens with zero attached hydrogens (tertiary/aromatic N) is 2. The SMILES string of the molecule is CCc1cccc2c1N(C)C(CCN)CN2C. The highest BCUT2D eigenvalue weighted by atomic mass is 15.3. The third kappa shape index (κ3) is 2.12. The fourth-order valence-electron chi connectivity index (χ4n) is 2.78. The molecule has 17 heavy (non-hydrogen) atoms. The van der Waals surface area contributed by atoms with Crippen LogP contribution in [0.5, 0.6) is 0 Å². The summed E-state index contributed by atoms with van der Waals surface area (Å²) in [6.45, 7) is 4.04. The molecule has 0 bridgehead atoms. The molecule has 1 aromatic rings. The lowest BCUT2D eigenvalue weighted by atomic mass is 10.0. The van der Waals surface area contributed by atoms with Crippen LogP contribution in [0.4, 0.5) is 11.4 Å². The highest BCUT2D eigenvalue weighted by Crippen LogP contribution is 2.37. The smallest absolute Gasteiger partial charge is 0.0636 e. The van der Waals surface area contributed by atoms with E-state index in [0.717, 1.165) is 25.9 Å². The number of likely N-dealkylation sites (N-methyl/N-ethyl adjacent to an activating group) is 2. The Morgan fingerprint density at radius 1 is 1.35 bits per heavy atom. The van der Waals surface area contributed by atoms with Crippen LogP contribution in [0.25, 0.3) is 0 Å². The van der Waals surface area contributed by atoms with Crippen LogP contribution in [-0.4, -0.2) is 33.2 Å². The largest absolute Gasteiger partial charge is 0.371 e. The van der Waals surface area contributed by atoms with E-state index in [2.05, 4.69) is 49.0 Å². The molecule has 0 aliphatic carbocycles. The molecule has 0 spiro atoms. The van der Waals surface area contributed by atoms with Gasteiger partial charge in [-0.15, -0.1) is 0 Å². The number of benzene rings is 1. The van der Waals surface area contributed by atoms with Crippen LogP contribution in [0, 0.1) is 0 Å². The van der Waals surface area contributed by atoms with Crippen LogP contribution < -0.4 is 15.5 Å². The van der Waals surface area contributed by atoms with Crippen molar-refractivity contribution in [3.63, 3.8) is 0 Å². The Bertz CT molecular complexity index is 389. The summed E-state index contributed by atoms with van der Waals surface area (Å²) in [5.74, 6) is 0. The first kappa shape index (κ1) is 12.2. The molecule has 0 fully saturated rings. The molecule has 3 heteroatoms. The molecule has 2 N–H and O–H groups in total. The minimum Gasteiger partial charge on any atom is -0.371 e. The monoisotopic (exact) mass is 233 g/mol. The highest BCUT2D eigenvalue weighted by Gasteiger charge is 2.27. The van der Waals surface area contributed by atoms with Gasteiger partial charge in [0.15, 0.2) is 0 Å². The van der Waals surface area contributed by atoms with Crippen molar-refractivity contribution in [1.82, 2.24) is 0 Å². The predicted molar refractivity (Wildman–Crippen MR) is 75.0 cm³/mol. The van der Waals surface area contributed by atoms with Gasteiger partial charge in [0.1, 0.15) is 0 Å². The molecule has 0 saturated heterocycles. The summed E-state index contributed by atoms with van der Waals surface area (Å²) >= 11 is 0. The first-order valence-corrected chi connectivity index (χ1v) is 6.45. The molecule has 0 amide bonds. The van der Waals surface area contributed by atoms with Gasteiger partial charge in [0.2, 0.25) is 0 Å². The van der Waals surface area contributed by atoms with E-state index < -0.39 is 0 Å². The van der Waals surface area contributed by atoms with Crippen molar-refractivity contribution in [2.24, 2.45) is 5.73 Å². The fourth-order valence-corrected chi connectivity index (χ4v) is 2.78. The van der Waals surface area contributed by atoms with Crippen molar-refractivity contribution in [3.8, 4) is 0 Å². The van der Waals surface area contributed by atoms with Crippen LogP contribution in [0.2, 0.25) is 0 Å². The lowest BCUT2D eigenvalue weighted by molar-refractivity contribution is 0.565. The number of aryl methyl sites for hydroxylation is 1. The van der Waals surface area contributed by atoms with Gasteiger partial charge in [-0.05, 0) is 31.0 Å². The van der Waals surface area contributed by atoms with Crippen LogP contribution in [0.15, 0.2) is 18.2 Å². The van der Waals surface area contributed by atoms with E-state index in [1.54, 1.807) is 0 Å². The Morgan fingerprint density at radius 3 is 2.76 bits per heavy atom. The van der Waals surface area contributed by atoms with Crippen LogP contribution >= 0.6 is 0 Å². The summed E-state index contributed by atoms with van der Waals surface area (Å²) in [6, 6.07) is 7.13. The number of rotatable bonds is 3. The predicted octanol–water partition coefficient (Wildman–Crippen LogP) is 1.85. The van der Waals surface area contributed by atoms with Crippen molar-refractivity contribution in [1.29, 1.82) is 0 Å². The number of hydrogen-bond donors (Lipinski definition) is 1. The quantitative estimate of drug-likeness (QED) is 0.865. The van der Waals surface area contributed by atoms with Crippen molar-refractivity contribution in [2.45, 2.75) is 25.8 Å². The van der Waals surface area contributed by atoms with E-state index in [-0.39, 0.29) is 0 Å². The second kappa shape index (κ2) is 4.96. The lowest BCUT2D eigenvalue weighted by Crippen LogP contribution is -2.47. The zero-order chi connectivity index (χ0) is 12.4. The molecule has 0 aromatic heterocycles. The van der Waals surface area contributed by atoms with E-state index in [0.29, 0.717) is 6.04 Å². The third-order valence-corrected chi connectivity index (χ3v) is 3.78. The van der Waals surface area contributed by atoms with E-state index in [1.165, 1.54) is 16.9 Å². The Morgan fingerprint density at radius 2 is 2.12 bits per heavy atom. The molecule has 2 rings (SSSR count). The maximum Gasteiger partial charge on any atom is 0.0636 e. The van der Waals surface area contributed by atoms with Gasteiger partial charge in [-0.3, -0.25) is 0 Å². The molecule has 1 aliphatic heterocycles. The number of fused-ring (bicyclic) bond motifs is 1. The Kier molecular flexibility index (Phi) is 3.57. The Labute approximate surface area is 104 Å². The molecular formula is C14H23N3. The van der Waals surface area contributed by atoms with E-state index in [9.17, 15) is 0 Å². The van der Waals surface area contributed by atoms with Gasteiger partial charge < -0.3 is 15.5 Å². The number of anilines is 2. The lowest BCUT2D eigenvalue weighted by Gasteiger charge is -2.42. The van der Waals surface area contributed by atoms with Gasteiger partial charge >= 0.3 is 0 Å². The van der Waals surface area contributed by atoms with Crippen LogP contribution in [-0.2, 0) is 6.42 Å². The fraction of sp³-hybridized carbons (Fsp3) is 0.571. The van der Waals surface area contributed by atoms with Gasteiger partial charge in [-0.1, -0.05) is 19.1 Å². The second-order valence-electron chi connectivity index (χ2n) is 4.86. The van der Waals surface area contributed by atoms with E-state index in [1.807, 2.05) is 0 Å². The van der Waals surface area contributed by atoms with Gasteiger partial charge in [0.25, 0.3) is 0 Å². The van der Waals surface area contributed by atoms with Gasteiger partial charge in [-0.2, -0.15) is 0 Å². The van der Waals surface area contributed by atoms with Crippen molar-refractivity contribution in [2.75, 3.05) is 37.0 Å².